The highest BCUT2D eigenvalue weighted by molar-refractivity contribution is 5.00. The second-order valence-electron chi connectivity index (χ2n) is 5.64. The van der Waals surface area contributed by atoms with Crippen molar-refractivity contribution in [2.24, 2.45) is 7.05 Å². The third-order valence-electron chi connectivity index (χ3n) is 3.48. The Kier molecular flexibility index (Phi) is 3.84. The van der Waals surface area contributed by atoms with Crippen LogP contribution >= 0.6 is 0 Å². The van der Waals surface area contributed by atoms with Crippen LogP contribution in [-0.2, 0) is 13.5 Å². The Labute approximate surface area is 104 Å². The average molecular weight is 236 g/mol. The molecule has 0 aliphatic carbocycles. The standard InChI is InChI=1S/C13H24N4/c1-13(2)11-17(9-4-7-14-13)10-6-12-5-8-15-16(12)3/h5,8,14H,4,6-7,9-11H2,1-3H3. The van der Waals surface area contributed by atoms with E-state index in [1.807, 2.05) is 17.9 Å². The molecule has 4 nitrogen and oxygen atoms in total. The van der Waals surface area contributed by atoms with Crippen LogP contribution < -0.4 is 5.32 Å². The smallest absolute Gasteiger partial charge is 0.0492 e. The van der Waals surface area contributed by atoms with Crippen molar-refractivity contribution in [1.29, 1.82) is 0 Å². The molecule has 17 heavy (non-hydrogen) atoms. The van der Waals surface area contributed by atoms with Gasteiger partial charge in [0.1, 0.15) is 0 Å². The van der Waals surface area contributed by atoms with Gasteiger partial charge in [-0.25, -0.2) is 0 Å². The molecule has 1 N–H and O–H groups in total. The molecule has 1 aliphatic heterocycles. The van der Waals surface area contributed by atoms with Gasteiger partial charge in [0.05, 0.1) is 0 Å². The van der Waals surface area contributed by atoms with Gasteiger partial charge in [0.2, 0.25) is 0 Å². The van der Waals surface area contributed by atoms with Crippen LogP contribution in [0.25, 0.3) is 0 Å². The van der Waals surface area contributed by atoms with Crippen LogP contribution in [0.1, 0.15) is 26.0 Å². The van der Waals surface area contributed by atoms with E-state index in [1.165, 1.54) is 18.7 Å². The summed E-state index contributed by atoms with van der Waals surface area (Å²) in [5, 5.41) is 7.81. The Bertz CT molecular complexity index is 356. The van der Waals surface area contributed by atoms with E-state index in [4.69, 9.17) is 0 Å². The quantitative estimate of drug-likeness (QED) is 0.851. The van der Waals surface area contributed by atoms with E-state index in [0.717, 1.165) is 26.1 Å². The lowest BCUT2D eigenvalue weighted by Crippen LogP contribution is -2.46. The first-order chi connectivity index (χ1) is 8.07. The van der Waals surface area contributed by atoms with Crippen molar-refractivity contribution < 1.29 is 0 Å². The molecule has 1 aliphatic rings. The van der Waals surface area contributed by atoms with Crippen molar-refractivity contribution >= 4 is 0 Å². The summed E-state index contributed by atoms with van der Waals surface area (Å²) < 4.78 is 1.97. The Morgan fingerprint density at radius 2 is 2.29 bits per heavy atom. The van der Waals surface area contributed by atoms with Crippen LogP contribution in [0.3, 0.4) is 0 Å². The molecule has 1 saturated heterocycles. The number of nitrogens with one attached hydrogen (secondary N) is 1. The van der Waals surface area contributed by atoms with E-state index in [-0.39, 0.29) is 5.54 Å². The largest absolute Gasteiger partial charge is 0.310 e. The Balaban J connectivity index is 1.88. The molecule has 1 aromatic rings. The molecule has 2 rings (SSSR count). The minimum absolute atomic E-state index is 0.239. The molecule has 2 heterocycles. The summed E-state index contributed by atoms with van der Waals surface area (Å²) in [5.74, 6) is 0. The normalized spacial score (nSPS) is 21.4. The van der Waals surface area contributed by atoms with Gasteiger partial charge in [-0.1, -0.05) is 0 Å². The molecule has 1 aromatic heterocycles. The number of hydrogen-bond donors (Lipinski definition) is 1. The maximum absolute atomic E-state index is 4.21. The van der Waals surface area contributed by atoms with E-state index in [1.54, 1.807) is 0 Å². The number of aromatic nitrogens is 2. The number of aryl methyl sites for hydroxylation is 1. The third kappa shape index (κ3) is 3.54. The molecule has 1 fully saturated rings. The van der Waals surface area contributed by atoms with Gasteiger partial charge < -0.3 is 10.2 Å². The maximum atomic E-state index is 4.21. The predicted octanol–water partition coefficient (Wildman–Crippen LogP) is 1.04. The number of nitrogens with zero attached hydrogens (tertiary/aromatic N) is 3. The van der Waals surface area contributed by atoms with Crippen molar-refractivity contribution in [3.63, 3.8) is 0 Å². The summed E-state index contributed by atoms with van der Waals surface area (Å²) in [6.07, 6.45) is 4.21. The predicted molar refractivity (Wildman–Crippen MR) is 70.1 cm³/mol. The van der Waals surface area contributed by atoms with Crippen molar-refractivity contribution in [3.8, 4) is 0 Å². The van der Waals surface area contributed by atoms with Gasteiger partial charge in [-0.3, -0.25) is 4.68 Å². The summed E-state index contributed by atoms with van der Waals surface area (Å²) in [6, 6.07) is 2.11. The highest BCUT2D eigenvalue weighted by Gasteiger charge is 2.23. The molecule has 0 spiro atoms. The van der Waals surface area contributed by atoms with Crippen molar-refractivity contribution in [2.45, 2.75) is 32.2 Å². The van der Waals surface area contributed by atoms with Crippen LogP contribution in [0.5, 0.6) is 0 Å². The summed E-state index contributed by atoms with van der Waals surface area (Å²) in [7, 11) is 2.02. The van der Waals surface area contributed by atoms with Crippen LogP contribution in [0.15, 0.2) is 12.3 Å². The average Bonchev–Trinajstić information content (AvgIpc) is 2.57. The van der Waals surface area contributed by atoms with E-state index in [0.29, 0.717) is 0 Å². The fourth-order valence-electron chi connectivity index (χ4n) is 2.53. The fourth-order valence-corrected chi connectivity index (χ4v) is 2.53. The van der Waals surface area contributed by atoms with Crippen LogP contribution in [0.4, 0.5) is 0 Å². The van der Waals surface area contributed by atoms with Gasteiger partial charge in [0, 0.05) is 44.0 Å². The lowest BCUT2D eigenvalue weighted by Gasteiger charge is -2.29. The van der Waals surface area contributed by atoms with Gasteiger partial charge in [-0.15, -0.1) is 0 Å². The highest BCUT2D eigenvalue weighted by atomic mass is 15.3. The summed E-state index contributed by atoms with van der Waals surface area (Å²) in [6.45, 7) is 9.17. The van der Waals surface area contributed by atoms with Crippen LogP contribution in [0, 0.1) is 0 Å². The second-order valence-corrected chi connectivity index (χ2v) is 5.64. The zero-order valence-corrected chi connectivity index (χ0v) is 11.2. The SMILES string of the molecule is Cn1nccc1CCN1CCCNC(C)(C)C1. The van der Waals surface area contributed by atoms with Gasteiger partial charge in [0.25, 0.3) is 0 Å². The van der Waals surface area contributed by atoms with Crippen LogP contribution in [0.2, 0.25) is 0 Å². The first-order valence-corrected chi connectivity index (χ1v) is 6.51. The van der Waals surface area contributed by atoms with Gasteiger partial charge in [-0.05, 0) is 39.4 Å². The lowest BCUT2D eigenvalue weighted by atomic mass is 10.1. The fraction of sp³-hybridized carbons (Fsp3) is 0.769. The van der Waals surface area contributed by atoms with E-state index >= 15 is 0 Å². The first kappa shape index (κ1) is 12.6. The molecule has 0 bridgehead atoms. The molecule has 0 atom stereocenters. The lowest BCUT2D eigenvalue weighted by molar-refractivity contribution is 0.232. The number of hydrogen-bond acceptors (Lipinski definition) is 3. The Hall–Kier alpha value is -0.870. The minimum Gasteiger partial charge on any atom is -0.310 e. The zero-order valence-electron chi connectivity index (χ0n) is 11.2. The minimum atomic E-state index is 0.239. The Morgan fingerprint density at radius 1 is 1.47 bits per heavy atom. The molecular formula is C13H24N4. The Morgan fingerprint density at radius 3 is 3.00 bits per heavy atom. The first-order valence-electron chi connectivity index (χ1n) is 6.51. The maximum Gasteiger partial charge on any atom is 0.0492 e. The molecule has 96 valence electrons. The van der Waals surface area contributed by atoms with Crippen molar-refractivity contribution in [3.05, 3.63) is 18.0 Å². The monoisotopic (exact) mass is 236 g/mol. The molecule has 0 amide bonds. The summed E-state index contributed by atoms with van der Waals surface area (Å²) in [5.41, 5.74) is 1.56. The number of rotatable bonds is 3. The van der Waals surface area contributed by atoms with E-state index in [2.05, 4.69) is 35.2 Å². The topological polar surface area (TPSA) is 33.1 Å². The summed E-state index contributed by atoms with van der Waals surface area (Å²) >= 11 is 0. The van der Waals surface area contributed by atoms with E-state index < -0.39 is 0 Å². The second kappa shape index (κ2) is 5.19. The molecule has 4 heteroatoms. The highest BCUT2D eigenvalue weighted by Crippen LogP contribution is 2.11. The molecule has 0 aromatic carbocycles. The third-order valence-corrected chi connectivity index (χ3v) is 3.48. The molecule has 0 saturated carbocycles. The van der Waals surface area contributed by atoms with Gasteiger partial charge in [-0.2, -0.15) is 5.10 Å². The van der Waals surface area contributed by atoms with Crippen LogP contribution in [-0.4, -0.2) is 46.4 Å². The zero-order chi connectivity index (χ0) is 12.3. The molecule has 0 unspecified atom stereocenters. The van der Waals surface area contributed by atoms with Gasteiger partial charge >= 0.3 is 0 Å². The van der Waals surface area contributed by atoms with Crippen molar-refractivity contribution in [2.75, 3.05) is 26.2 Å². The molecular weight excluding hydrogens is 212 g/mol. The van der Waals surface area contributed by atoms with Gasteiger partial charge in [0.15, 0.2) is 0 Å². The summed E-state index contributed by atoms with van der Waals surface area (Å²) in [4.78, 5) is 2.56. The molecule has 0 radical (unpaired) electrons. The van der Waals surface area contributed by atoms with Crippen molar-refractivity contribution in [1.82, 2.24) is 20.0 Å². The van der Waals surface area contributed by atoms with E-state index in [9.17, 15) is 0 Å².